The van der Waals surface area contributed by atoms with Gasteiger partial charge in [0.1, 0.15) is 12.1 Å². The maximum absolute atomic E-state index is 13.7. The van der Waals surface area contributed by atoms with Crippen molar-refractivity contribution in [2.24, 2.45) is 5.92 Å². The molecule has 2 fully saturated rings. The summed E-state index contributed by atoms with van der Waals surface area (Å²) < 4.78 is 17.0. The molecule has 1 saturated heterocycles. The second-order valence-electron chi connectivity index (χ2n) is 10.8. The number of amides is 1. The Bertz CT molecular complexity index is 1170. The van der Waals surface area contributed by atoms with Crippen LogP contribution in [-0.2, 0) is 30.2 Å². The second kappa shape index (κ2) is 15.7. The molecule has 228 valence electrons. The minimum atomic E-state index is -1.05. The number of methoxy groups -OCH3 is 1. The maximum Gasteiger partial charge on any atom is 0.338 e. The highest BCUT2D eigenvalue weighted by atomic mass is 35.5. The van der Waals surface area contributed by atoms with Crippen LogP contribution in [0.15, 0.2) is 60.7 Å². The number of halogens is 2. The van der Waals surface area contributed by atoms with E-state index in [4.69, 9.17) is 37.4 Å². The molecule has 7 atom stereocenters. The summed E-state index contributed by atoms with van der Waals surface area (Å²) in [6.45, 7) is 5.96. The molecule has 42 heavy (non-hydrogen) atoms. The minimum Gasteiger partial charge on any atom is -0.467 e. The van der Waals surface area contributed by atoms with Crippen LogP contribution in [0.4, 0.5) is 0 Å². The Morgan fingerprint density at radius 3 is 2.40 bits per heavy atom. The van der Waals surface area contributed by atoms with Crippen LogP contribution < -0.4 is 10.6 Å². The number of carbonyl (C=O) groups excluding carboxylic acids is 3. The largest absolute Gasteiger partial charge is 0.467 e. The molecule has 1 amide bonds. The standard InChI is InChI=1S/C31H39Cl2N3O6/c1-20-19-36(14-13-34-20)15-16-41-28-24(32)18-23(27(26(28)33)42-30(38)22-11-7-4-8-12-22)29(37)35-25(31(39)40-2)17-21-9-5-3-6-10-21/h3-12,20,23-28,34H,13-19H2,1-2H3,(H,35,37)/t20-,23?,24?,25-,26?,27?,28?/m0/s1. The van der Waals surface area contributed by atoms with Crippen LogP contribution in [0.1, 0.15) is 29.3 Å². The number of benzene rings is 2. The van der Waals surface area contributed by atoms with Gasteiger partial charge in [-0.15, -0.1) is 23.2 Å². The van der Waals surface area contributed by atoms with Crippen molar-refractivity contribution in [2.75, 3.05) is 39.9 Å². The van der Waals surface area contributed by atoms with Gasteiger partial charge in [-0.3, -0.25) is 9.69 Å². The van der Waals surface area contributed by atoms with Crippen LogP contribution >= 0.6 is 23.2 Å². The molecule has 1 heterocycles. The van der Waals surface area contributed by atoms with E-state index in [1.807, 2.05) is 30.3 Å². The summed E-state index contributed by atoms with van der Waals surface area (Å²) in [6.07, 6.45) is -1.34. The fourth-order valence-electron chi connectivity index (χ4n) is 5.48. The van der Waals surface area contributed by atoms with E-state index in [-0.39, 0.29) is 12.8 Å². The molecule has 2 aromatic carbocycles. The average Bonchev–Trinajstić information content (AvgIpc) is 3.00. The summed E-state index contributed by atoms with van der Waals surface area (Å²) in [6, 6.07) is 17.2. The first-order chi connectivity index (χ1) is 20.3. The number of carbonyl (C=O) groups is 3. The molecular weight excluding hydrogens is 581 g/mol. The number of ether oxygens (including phenoxy) is 3. The molecule has 9 nitrogen and oxygen atoms in total. The van der Waals surface area contributed by atoms with Crippen molar-refractivity contribution in [3.05, 3.63) is 71.8 Å². The lowest BCUT2D eigenvalue weighted by atomic mass is 9.82. The van der Waals surface area contributed by atoms with E-state index in [2.05, 4.69) is 22.5 Å². The molecule has 5 unspecified atom stereocenters. The van der Waals surface area contributed by atoms with Gasteiger partial charge >= 0.3 is 11.9 Å². The average molecular weight is 621 g/mol. The van der Waals surface area contributed by atoms with Gasteiger partial charge < -0.3 is 24.8 Å². The SMILES string of the molecule is COC(=O)[C@H](Cc1ccccc1)NC(=O)C1CC(Cl)C(OCCN2CCN[C@@H](C)C2)C(Cl)C1OC(=O)c1ccccc1. The molecular formula is C31H39Cl2N3O6. The minimum absolute atomic E-state index is 0.137. The molecule has 2 aliphatic rings. The van der Waals surface area contributed by atoms with Crippen molar-refractivity contribution >= 4 is 41.0 Å². The second-order valence-corrected chi connectivity index (χ2v) is 11.9. The van der Waals surface area contributed by atoms with E-state index in [1.54, 1.807) is 30.3 Å². The van der Waals surface area contributed by atoms with Gasteiger partial charge in [0.15, 0.2) is 0 Å². The Kier molecular flexibility index (Phi) is 12.0. The van der Waals surface area contributed by atoms with Crippen molar-refractivity contribution in [1.82, 2.24) is 15.5 Å². The molecule has 0 radical (unpaired) electrons. The summed E-state index contributed by atoms with van der Waals surface area (Å²) in [7, 11) is 1.27. The predicted octanol–water partition coefficient (Wildman–Crippen LogP) is 3.03. The maximum atomic E-state index is 13.7. The van der Waals surface area contributed by atoms with Gasteiger partial charge in [0.2, 0.25) is 5.91 Å². The normalized spacial score (nSPS) is 27.0. The number of rotatable bonds is 11. The van der Waals surface area contributed by atoms with E-state index in [0.29, 0.717) is 24.8 Å². The highest BCUT2D eigenvalue weighted by Crippen LogP contribution is 2.37. The highest BCUT2D eigenvalue weighted by molar-refractivity contribution is 6.25. The summed E-state index contributed by atoms with van der Waals surface area (Å²) in [5.74, 6) is -2.62. The summed E-state index contributed by atoms with van der Waals surface area (Å²) in [5, 5.41) is 4.69. The third-order valence-electron chi connectivity index (χ3n) is 7.70. The first-order valence-corrected chi connectivity index (χ1v) is 15.2. The molecule has 0 spiro atoms. The fraction of sp³-hybridized carbons (Fsp3) is 0.516. The molecule has 2 aromatic rings. The monoisotopic (exact) mass is 619 g/mol. The molecule has 2 N–H and O–H groups in total. The van der Waals surface area contributed by atoms with Crippen LogP contribution in [0.5, 0.6) is 0 Å². The van der Waals surface area contributed by atoms with Gasteiger partial charge in [-0.05, 0) is 31.0 Å². The number of nitrogens with zero attached hydrogens (tertiary/aromatic N) is 1. The van der Waals surface area contributed by atoms with Crippen LogP contribution in [0.2, 0.25) is 0 Å². The Morgan fingerprint density at radius 2 is 1.74 bits per heavy atom. The lowest BCUT2D eigenvalue weighted by Crippen LogP contribution is -2.58. The topological polar surface area (TPSA) is 106 Å². The Balaban J connectivity index is 1.49. The number of alkyl halides is 2. The molecule has 0 aromatic heterocycles. The smallest absolute Gasteiger partial charge is 0.338 e. The summed E-state index contributed by atoms with van der Waals surface area (Å²) >= 11 is 13.7. The zero-order valence-electron chi connectivity index (χ0n) is 23.9. The van der Waals surface area contributed by atoms with Crippen molar-refractivity contribution in [1.29, 1.82) is 0 Å². The first-order valence-electron chi connectivity index (χ1n) is 14.3. The Morgan fingerprint density at radius 1 is 1.05 bits per heavy atom. The van der Waals surface area contributed by atoms with Crippen molar-refractivity contribution in [3.63, 3.8) is 0 Å². The van der Waals surface area contributed by atoms with Gasteiger partial charge in [0, 0.05) is 38.6 Å². The van der Waals surface area contributed by atoms with Crippen molar-refractivity contribution < 1.29 is 28.6 Å². The van der Waals surface area contributed by atoms with Gasteiger partial charge in [0.05, 0.1) is 42.1 Å². The number of hydrogen-bond acceptors (Lipinski definition) is 8. The third-order valence-corrected chi connectivity index (χ3v) is 8.63. The molecule has 1 aliphatic heterocycles. The van der Waals surface area contributed by atoms with Crippen LogP contribution in [0.25, 0.3) is 0 Å². The Labute approximate surface area is 257 Å². The lowest BCUT2D eigenvalue weighted by molar-refractivity contribution is -0.147. The number of hydrogen-bond donors (Lipinski definition) is 2. The quantitative estimate of drug-likeness (QED) is 0.292. The summed E-state index contributed by atoms with van der Waals surface area (Å²) in [5.41, 5.74) is 1.18. The predicted molar refractivity (Wildman–Crippen MR) is 161 cm³/mol. The highest BCUT2D eigenvalue weighted by Gasteiger charge is 2.49. The summed E-state index contributed by atoms with van der Waals surface area (Å²) in [4.78, 5) is 41.8. The lowest BCUT2D eigenvalue weighted by Gasteiger charge is -2.41. The number of piperazine rings is 1. The van der Waals surface area contributed by atoms with Gasteiger partial charge in [-0.2, -0.15) is 0 Å². The van der Waals surface area contributed by atoms with Crippen LogP contribution in [-0.4, -0.2) is 97.7 Å². The van der Waals surface area contributed by atoms with Gasteiger partial charge in [-0.1, -0.05) is 48.5 Å². The van der Waals surface area contributed by atoms with Gasteiger partial charge in [-0.25, -0.2) is 9.59 Å². The van der Waals surface area contributed by atoms with Crippen LogP contribution in [0, 0.1) is 5.92 Å². The molecule has 11 heteroatoms. The number of esters is 2. The fourth-order valence-corrected chi connectivity index (χ4v) is 6.45. The zero-order chi connectivity index (χ0) is 30.1. The van der Waals surface area contributed by atoms with Crippen LogP contribution in [0.3, 0.4) is 0 Å². The molecule has 1 saturated carbocycles. The first kappa shape index (κ1) is 32.2. The van der Waals surface area contributed by atoms with E-state index >= 15 is 0 Å². The van der Waals surface area contributed by atoms with E-state index in [0.717, 1.165) is 25.2 Å². The third kappa shape index (κ3) is 8.67. The molecule has 4 rings (SSSR count). The zero-order valence-corrected chi connectivity index (χ0v) is 25.4. The van der Waals surface area contributed by atoms with Crippen molar-refractivity contribution in [3.8, 4) is 0 Å². The molecule has 0 bridgehead atoms. The van der Waals surface area contributed by atoms with E-state index < -0.39 is 52.8 Å². The van der Waals surface area contributed by atoms with E-state index in [9.17, 15) is 14.4 Å². The van der Waals surface area contributed by atoms with E-state index in [1.165, 1.54) is 7.11 Å². The molecule has 1 aliphatic carbocycles. The Hall–Kier alpha value is -2.69. The van der Waals surface area contributed by atoms with Gasteiger partial charge in [0.25, 0.3) is 0 Å². The number of nitrogens with one attached hydrogen (secondary N) is 2. The van der Waals surface area contributed by atoms with Crippen molar-refractivity contribution in [2.45, 2.75) is 54.8 Å².